The van der Waals surface area contributed by atoms with Crippen LogP contribution in [0.2, 0.25) is 0 Å². The van der Waals surface area contributed by atoms with Crippen molar-refractivity contribution in [2.45, 2.75) is 22.0 Å². The van der Waals surface area contributed by atoms with E-state index in [1.54, 1.807) is 6.07 Å². The van der Waals surface area contributed by atoms with Gasteiger partial charge in [-0.05, 0) is 48.0 Å². The molecule has 0 radical (unpaired) electrons. The maximum absolute atomic E-state index is 14.2. The lowest BCUT2D eigenvalue weighted by atomic mass is 10.1. The molecule has 0 aliphatic rings. The van der Waals surface area contributed by atoms with E-state index in [1.165, 1.54) is 49.6 Å². The minimum absolute atomic E-state index is 0.0399. The number of ether oxygens (including phenoxy) is 1. The Morgan fingerprint density at radius 2 is 1.59 bits per heavy atom. The van der Waals surface area contributed by atoms with Crippen LogP contribution in [0.1, 0.15) is 11.1 Å². The lowest BCUT2D eigenvalue weighted by molar-refractivity contribution is 0.0557. The highest BCUT2D eigenvalue weighted by Crippen LogP contribution is 2.60. The van der Waals surface area contributed by atoms with Gasteiger partial charge in [-0.15, -0.1) is 0 Å². The maximum Gasteiger partial charge on any atom is 0.399 e. The van der Waals surface area contributed by atoms with E-state index < -0.39 is 45.2 Å². The summed E-state index contributed by atoms with van der Waals surface area (Å²) < 4.78 is 96.7. The van der Waals surface area contributed by atoms with Crippen molar-refractivity contribution in [1.82, 2.24) is 0 Å². The summed E-state index contributed by atoms with van der Waals surface area (Å²) in [5, 5.41) is 0. The van der Waals surface area contributed by atoms with E-state index in [1.807, 2.05) is 0 Å². The van der Waals surface area contributed by atoms with E-state index in [0.29, 0.717) is 0 Å². The molecule has 0 aromatic heterocycles. The standard InChI is InChI=1S/C22H21BrF2NO8PS2/c1-34-20-5-3-4-6-21(20)37(32,33)26(16-8-10-17(11-9-16)36(2,30)31)14-15-7-12-18(19(23)13-15)22(24,25)35(27,28)29/h3-13H,14H2,1-2H3,(H2,27,28,29). The van der Waals surface area contributed by atoms with Crippen LogP contribution in [0.25, 0.3) is 0 Å². The average Bonchev–Trinajstić information content (AvgIpc) is 2.81. The lowest BCUT2D eigenvalue weighted by Gasteiger charge is -2.26. The number of halogens is 3. The molecule has 3 aromatic rings. The fourth-order valence-corrected chi connectivity index (χ4v) is 6.93. The molecule has 0 amide bonds. The highest BCUT2D eigenvalue weighted by atomic mass is 79.9. The predicted molar refractivity (Wildman–Crippen MR) is 136 cm³/mol. The number of anilines is 1. The van der Waals surface area contributed by atoms with Gasteiger partial charge in [0, 0.05) is 16.3 Å². The van der Waals surface area contributed by atoms with Crippen LogP contribution in [0.15, 0.2) is 81.0 Å². The molecule has 0 spiro atoms. The summed E-state index contributed by atoms with van der Waals surface area (Å²) in [6.07, 6.45) is 0.998. The van der Waals surface area contributed by atoms with Crippen LogP contribution in [0.5, 0.6) is 5.75 Å². The monoisotopic (exact) mass is 639 g/mol. The van der Waals surface area contributed by atoms with E-state index in [2.05, 4.69) is 15.9 Å². The molecule has 0 saturated carbocycles. The number of nitrogens with zero attached hydrogens (tertiary/aromatic N) is 1. The van der Waals surface area contributed by atoms with Crippen LogP contribution >= 0.6 is 23.5 Å². The average molecular weight is 640 g/mol. The van der Waals surface area contributed by atoms with Crippen molar-refractivity contribution >= 4 is 49.1 Å². The Morgan fingerprint density at radius 1 is 1.00 bits per heavy atom. The van der Waals surface area contributed by atoms with Crippen LogP contribution in [0.3, 0.4) is 0 Å². The van der Waals surface area contributed by atoms with Crippen LogP contribution in [-0.4, -0.2) is 40.0 Å². The van der Waals surface area contributed by atoms with Gasteiger partial charge < -0.3 is 14.5 Å². The van der Waals surface area contributed by atoms with Crippen LogP contribution in [-0.2, 0) is 36.6 Å². The van der Waals surface area contributed by atoms with Gasteiger partial charge in [-0.1, -0.05) is 40.2 Å². The highest BCUT2D eigenvalue weighted by Gasteiger charge is 2.51. The summed E-state index contributed by atoms with van der Waals surface area (Å²) in [5.41, 5.74) is -5.20. The molecule has 0 fully saturated rings. The first-order valence-corrected chi connectivity index (χ1v) is 15.9. The first-order valence-electron chi connectivity index (χ1n) is 10.2. The molecule has 9 nitrogen and oxygen atoms in total. The Hall–Kier alpha value is -2.35. The predicted octanol–water partition coefficient (Wildman–Crippen LogP) is 4.48. The number of sulfone groups is 1. The maximum atomic E-state index is 14.2. The van der Waals surface area contributed by atoms with Crippen molar-refractivity contribution < 1.29 is 44.7 Å². The molecular weight excluding hydrogens is 619 g/mol. The van der Waals surface area contributed by atoms with E-state index >= 15 is 0 Å². The molecule has 0 bridgehead atoms. The summed E-state index contributed by atoms with van der Waals surface area (Å²) in [6, 6.07) is 13.9. The zero-order chi connectivity index (χ0) is 27.8. The molecule has 0 atom stereocenters. The topological polar surface area (TPSA) is 138 Å². The third-order valence-corrected chi connectivity index (χ3v) is 9.81. The number of methoxy groups -OCH3 is 1. The minimum Gasteiger partial charge on any atom is -0.495 e. The summed E-state index contributed by atoms with van der Waals surface area (Å²) >= 11 is 2.89. The van der Waals surface area contributed by atoms with Crippen molar-refractivity contribution in [3.05, 3.63) is 82.3 Å². The number of benzene rings is 3. The Morgan fingerprint density at radius 3 is 2.11 bits per heavy atom. The van der Waals surface area contributed by atoms with E-state index in [4.69, 9.17) is 14.5 Å². The highest BCUT2D eigenvalue weighted by molar-refractivity contribution is 9.10. The minimum atomic E-state index is -5.83. The molecule has 3 rings (SSSR count). The first kappa shape index (κ1) is 29.2. The number of rotatable bonds is 9. The number of hydrogen-bond acceptors (Lipinski definition) is 6. The second-order valence-corrected chi connectivity index (χ2v) is 14.2. The number of hydrogen-bond donors (Lipinski definition) is 2. The molecule has 15 heteroatoms. The largest absolute Gasteiger partial charge is 0.495 e. The SMILES string of the molecule is COc1ccccc1S(=O)(=O)N(Cc1ccc(C(F)(F)P(=O)(O)O)c(Br)c1)c1ccc(S(C)(=O)=O)cc1. The van der Waals surface area contributed by atoms with Gasteiger partial charge in [0.2, 0.25) is 0 Å². The van der Waals surface area contributed by atoms with Crippen molar-refractivity contribution in [2.24, 2.45) is 0 Å². The summed E-state index contributed by atoms with van der Waals surface area (Å²) in [6.45, 7) is -0.404. The van der Waals surface area contributed by atoms with Crippen molar-refractivity contribution in [3.63, 3.8) is 0 Å². The Bertz CT molecular complexity index is 1580. The quantitative estimate of drug-likeness (QED) is 0.327. The summed E-state index contributed by atoms with van der Waals surface area (Å²) in [5.74, 6) is 0.0399. The van der Waals surface area contributed by atoms with Crippen LogP contribution in [0, 0.1) is 0 Å². The van der Waals surface area contributed by atoms with E-state index in [0.717, 1.165) is 28.8 Å². The van der Waals surface area contributed by atoms with Crippen LogP contribution < -0.4 is 9.04 Å². The normalized spacial score (nSPS) is 12.8. The smallest absolute Gasteiger partial charge is 0.399 e. The van der Waals surface area contributed by atoms with Gasteiger partial charge in [-0.25, -0.2) is 16.8 Å². The van der Waals surface area contributed by atoms with E-state index in [-0.39, 0.29) is 31.3 Å². The molecule has 0 saturated heterocycles. The molecule has 3 aromatic carbocycles. The third-order valence-electron chi connectivity index (χ3n) is 5.24. The fourth-order valence-electron chi connectivity index (χ4n) is 3.35. The van der Waals surface area contributed by atoms with Gasteiger partial charge in [-0.3, -0.25) is 8.87 Å². The molecular formula is C22H21BrF2NO8PS2. The lowest BCUT2D eigenvalue weighted by Crippen LogP contribution is -2.31. The van der Waals surface area contributed by atoms with Crippen LogP contribution in [0.4, 0.5) is 14.5 Å². The van der Waals surface area contributed by atoms with Gasteiger partial charge in [0.1, 0.15) is 10.6 Å². The summed E-state index contributed by atoms with van der Waals surface area (Å²) in [4.78, 5) is 17.8. The number of sulfonamides is 1. The molecule has 2 N–H and O–H groups in total. The number of para-hydroxylation sites is 1. The third kappa shape index (κ3) is 6.05. The molecule has 0 aliphatic carbocycles. The zero-order valence-electron chi connectivity index (χ0n) is 19.2. The van der Waals surface area contributed by atoms with Crippen molar-refractivity contribution in [1.29, 1.82) is 0 Å². The second-order valence-electron chi connectivity index (χ2n) is 7.83. The van der Waals surface area contributed by atoms with Gasteiger partial charge in [0.05, 0.1) is 24.2 Å². The van der Waals surface area contributed by atoms with Gasteiger partial charge in [0.25, 0.3) is 10.0 Å². The van der Waals surface area contributed by atoms with Gasteiger partial charge in [0.15, 0.2) is 9.84 Å². The fraction of sp³-hybridized carbons (Fsp3) is 0.182. The number of alkyl halides is 2. The van der Waals surface area contributed by atoms with Crippen molar-refractivity contribution in [3.8, 4) is 5.75 Å². The molecule has 0 unspecified atom stereocenters. The van der Waals surface area contributed by atoms with Crippen molar-refractivity contribution in [2.75, 3.05) is 17.7 Å². The van der Waals surface area contributed by atoms with E-state index in [9.17, 15) is 30.2 Å². The summed E-state index contributed by atoms with van der Waals surface area (Å²) in [7, 11) is -12.5. The molecule has 0 aliphatic heterocycles. The molecule has 200 valence electrons. The molecule has 37 heavy (non-hydrogen) atoms. The Kier molecular flexibility index (Phi) is 8.23. The first-order chi connectivity index (χ1) is 17.0. The molecule has 0 heterocycles. The van der Waals surface area contributed by atoms with Gasteiger partial charge in [-0.2, -0.15) is 8.78 Å². The zero-order valence-corrected chi connectivity index (χ0v) is 23.4. The second kappa shape index (κ2) is 10.4. The van der Waals surface area contributed by atoms with Gasteiger partial charge >= 0.3 is 13.3 Å². The Balaban J connectivity index is 2.14. The Labute approximate surface area is 221 Å².